The fourth-order valence-electron chi connectivity index (χ4n) is 1.23. The number of methoxy groups -OCH3 is 3. The molecule has 1 aromatic carbocycles. The van der Waals surface area contributed by atoms with Gasteiger partial charge in [-0.05, 0) is 37.9 Å². The summed E-state index contributed by atoms with van der Waals surface area (Å²) in [4.78, 5) is 11.9. The number of hydrogen-bond acceptors (Lipinski definition) is 4. The molecule has 0 saturated heterocycles. The first-order valence-electron chi connectivity index (χ1n) is 4.25. The lowest BCUT2D eigenvalue weighted by Crippen LogP contribution is -2.04. The Morgan fingerprint density at radius 2 is 1.38 bits per heavy atom. The van der Waals surface area contributed by atoms with Crippen LogP contribution in [0.5, 0.6) is 17.2 Å². The van der Waals surface area contributed by atoms with E-state index in [4.69, 9.17) is 14.2 Å². The molecule has 0 atom stereocenters. The van der Waals surface area contributed by atoms with Gasteiger partial charge < -0.3 is 14.2 Å². The predicted molar refractivity (Wildman–Crippen MR) is 67.8 cm³/mol. The summed E-state index contributed by atoms with van der Waals surface area (Å²) < 4.78 is 16.3. The molecule has 16 heavy (non-hydrogen) atoms. The van der Waals surface area contributed by atoms with Crippen molar-refractivity contribution in [1.29, 1.82) is 0 Å². The van der Waals surface area contributed by atoms with Gasteiger partial charge in [-0.15, -0.1) is 0 Å². The minimum absolute atomic E-state index is 0.0944. The van der Waals surface area contributed by atoms with E-state index in [2.05, 4.69) is 31.9 Å². The molecule has 0 unspecified atom stereocenters. The first kappa shape index (κ1) is 13.3. The Balaban J connectivity index is 3.80. The monoisotopic (exact) mass is 352 g/mol. The lowest BCUT2D eigenvalue weighted by Gasteiger charge is -2.08. The van der Waals surface area contributed by atoms with Gasteiger partial charge in [-0.2, -0.15) is 0 Å². The Morgan fingerprint density at radius 1 is 0.875 bits per heavy atom. The summed E-state index contributed by atoms with van der Waals surface area (Å²) in [6.45, 7) is 0. The Hall–Kier alpha value is -0.750. The van der Waals surface area contributed by atoms with Crippen LogP contribution in [-0.4, -0.2) is 21.3 Å². The molecule has 0 aliphatic heterocycles. The summed E-state index contributed by atoms with van der Waals surface area (Å²) >= 11 is 6.46. The first-order valence-corrected chi connectivity index (χ1v) is 5.83. The fraction of sp³-hybridized carbons (Fsp3) is 0.300. The summed E-state index contributed by atoms with van der Waals surface area (Å²) in [7, 11) is 4.33. The van der Waals surface area contributed by atoms with E-state index in [1.54, 1.807) is 6.07 Å². The van der Waals surface area contributed by atoms with Gasteiger partial charge in [0.25, 0.3) is 0 Å². The van der Waals surface area contributed by atoms with Gasteiger partial charge >= 0.3 is 0 Å². The maximum absolute atomic E-state index is 11.9. The van der Waals surface area contributed by atoms with E-state index < -0.39 is 0 Å². The van der Waals surface area contributed by atoms with E-state index in [0.29, 0.717) is 14.7 Å². The molecule has 6 heteroatoms. The molecule has 0 N–H and O–H groups in total. The second kappa shape index (κ2) is 5.54. The average Bonchev–Trinajstić information content (AvgIpc) is 2.35. The van der Waals surface area contributed by atoms with Crippen LogP contribution in [0.25, 0.3) is 0 Å². The van der Waals surface area contributed by atoms with E-state index >= 15 is 0 Å². The van der Waals surface area contributed by atoms with Gasteiger partial charge in [-0.25, -0.2) is 0 Å². The van der Waals surface area contributed by atoms with E-state index in [-0.39, 0.29) is 16.9 Å². The lowest BCUT2D eigenvalue weighted by atomic mass is 10.4. The van der Waals surface area contributed by atoms with Crippen molar-refractivity contribution in [2.45, 2.75) is 0 Å². The molecule has 0 spiro atoms. The van der Waals surface area contributed by atoms with Gasteiger partial charge in [-0.1, -0.05) is 0 Å². The van der Waals surface area contributed by atoms with Gasteiger partial charge in [0.15, 0.2) is 5.75 Å². The normalized spacial score (nSPS) is 9.81. The summed E-state index contributed by atoms with van der Waals surface area (Å²) in [6.07, 6.45) is 0. The highest BCUT2D eigenvalue weighted by Crippen LogP contribution is 2.39. The Bertz CT molecular complexity index is 460. The lowest BCUT2D eigenvalue weighted by molar-refractivity contribution is 0.323. The van der Waals surface area contributed by atoms with Crippen LogP contribution in [0.3, 0.4) is 0 Å². The molecule has 1 aromatic rings. The van der Waals surface area contributed by atoms with Crippen molar-refractivity contribution in [2.75, 3.05) is 21.3 Å². The van der Waals surface area contributed by atoms with Crippen molar-refractivity contribution in [3.8, 4) is 17.2 Å². The largest absolute Gasteiger partial charge is 0.492 e. The fourth-order valence-corrected chi connectivity index (χ4v) is 2.51. The summed E-state index contributed by atoms with van der Waals surface area (Å²) in [5.74, 6) is 0.756. The molecule has 0 radical (unpaired) electrons. The van der Waals surface area contributed by atoms with Gasteiger partial charge in [0.1, 0.15) is 0 Å². The minimum atomic E-state index is -0.302. The molecule has 0 fully saturated rings. The van der Waals surface area contributed by atoms with Crippen LogP contribution in [-0.2, 0) is 0 Å². The first-order chi connectivity index (χ1) is 7.56. The zero-order valence-electron chi connectivity index (χ0n) is 8.97. The third-order valence-corrected chi connectivity index (χ3v) is 3.10. The molecule has 88 valence electrons. The number of ether oxygens (including phenoxy) is 3. The van der Waals surface area contributed by atoms with Gasteiger partial charge in [0, 0.05) is 0 Å². The molecule has 0 heterocycles. The van der Waals surface area contributed by atoms with Crippen LogP contribution in [0.15, 0.2) is 19.8 Å². The molecule has 0 aliphatic rings. The SMILES string of the molecule is COc1c(Br)cc(Br)c(=O)c(OC)c1OC. The molecule has 0 amide bonds. The molecule has 4 nitrogen and oxygen atoms in total. The molecule has 0 aliphatic carbocycles. The topological polar surface area (TPSA) is 44.8 Å². The Labute approximate surface area is 110 Å². The van der Waals surface area contributed by atoms with Crippen LogP contribution in [0.2, 0.25) is 0 Å². The van der Waals surface area contributed by atoms with Crippen LogP contribution >= 0.6 is 31.9 Å². The Morgan fingerprint density at radius 3 is 1.81 bits per heavy atom. The quantitative estimate of drug-likeness (QED) is 0.837. The standard InChI is InChI=1S/C10H10Br2O4/c1-14-8-6(12)4-5(11)7(13)9(15-2)10(8)16-3/h4H,1-3H3. The van der Waals surface area contributed by atoms with E-state index in [0.717, 1.165) is 0 Å². The molecule has 0 aromatic heterocycles. The van der Waals surface area contributed by atoms with Crippen molar-refractivity contribution in [2.24, 2.45) is 0 Å². The van der Waals surface area contributed by atoms with Gasteiger partial charge in [0.2, 0.25) is 16.9 Å². The predicted octanol–water partition coefficient (Wildman–Crippen LogP) is 2.60. The maximum Gasteiger partial charge on any atom is 0.238 e. The average molecular weight is 354 g/mol. The molecule has 1 rings (SSSR count). The summed E-state index contributed by atoms with van der Waals surface area (Å²) in [6, 6.07) is 1.59. The minimum Gasteiger partial charge on any atom is -0.492 e. The number of rotatable bonds is 3. The van der Waals surface area contributed by atoms with E-state index in [1.807, 2.05) is 0 Å². The van der Waals surface area contributed by atoms with E-state index in [9.17, 15) is 4.79 Å². The molecule has 0 bridgehead atoms. The number of halogens is 2. The van der Waals surface area contributed by atoms with Crippen molar-refractivity contribution in [3.05, 3.63) is 25.2 Å². The summed E-state index contributed by atoms with van der Waals surface area (Å²) in [5, 5.41) is 0. The van der Waals surface area contributed by atoms with Crippen molar-refractivity contribution in [1.82, 2.24) is 0 Å². The maximum atomic E-state index is 11.9. The highest BCUT2D eigenvalue weighted by atomic mass is 79.9. The number of hydrogen-bond donors (Lipinski definition) is 0. The smallest absolute Gasteiger partial charge is 0.238 e. The molecule has 0 saturated carbocycles. The van der Waals surface area contributed by atoms with Gasteiger partial charge in [0.05, 0.1) is 30.3 Å². The summed E-state index contributed by atoms with van der Waals surface area (Å²) in [5.41, 5.74) is -0.302. The van der Waals surface area contributed by atoms with Crippen LogP contribution in [0.1, 0.15) is 0 Å². The van der Waals surface area contributed by atoms with Crippen LogP contribution < -0.4 is 19.6 Å². The molecular formula is C10H10Br2O4. The van der Waals surface area contributed by atoms with Crippen molar-refractivity contribution < 1.29 is 14.2 Å². The van der Waals surface area contributed by atoms with Crippen LogP contribution in [0, 0.1) is 0 Å². The highest BCUT2D eigenvalue weighted by Gasteiger charge is 2.18. The van der Waals surface area contributed by atoms with Gasteiger partial charge in [-0.3, -0.25) is 4.79 Å². The third kappa shape index (κ3) is 2.32. The third-order valence-electron chi connectivity index (χ3n) is 1.92. The molecular weight excluding hydrogens is 344 g/mol. The van der Waals surface area contributed by atoms with Crippen LogP contribution in [0.4, 0.5) is 0 Å². The van der Waals surface area contributed by atoms with Crippen molar-refractivity contribution >= 4 is 31.9 Å². The highest BCUT2D eigenvalue weighted by molar-refractivity contribution is 9.11. The second-order valence-corrected chi connectivity index (χ2v) is 4.48. The van der Waals surface area contributed by atoms with Crippen molar-refractivity contribution in [3.63, 3.8) is 0 Å². The second-order valence-electron chi connectivity index (χ2n) is 2.77. The van der Waals surface area contributed by atoms with E-state index in [1.165, 1.54) is 21.3 Å². The zero-order valence-corrected chi connectivity index (χ0v) is 12.1. The Kier molecular flexibility index (Phi) is 4.61. The zero-order chi connectivity index (χ0) is 12.3.